The number of aromatic nitrogens is 4. The molecule has 1 aromatic carbocycles. The quantitative estimate of drug-likeness (QED) is 0.316. The van der Waals surface area contributed by atoms with Crippen LogP contribution in [0.2, 0.25) is 0 Å². The number of hydrogen-bond acceptors (Lipinski definition) is 7. The van der Waals surface area contributed by atoms with Gasteiger partial charge in [0.15, 0.2) is 23.2 Å². The van der Waals surface area contributed by atoms with Crippen molar-refractivity contribution in [2.75, 3.05) is 17.5 Å². The molecule has 1 N–H and O–H groups in total. The number of rotatable bonds is 3. The smallest absolute Gasteiger partial charge is 0.417 e. The lowest BCUT2D eigenvalue weighted by molar-refractivity contribution is -0.137. The molecule has 0 radical (unpaired) electrons. The molecule has 5 rings (SSSR count). The fraction of sp³-hybridized carbons (Fsp3) is 0.143. The van der Waals surface area contributed by atoms with Gasteiger partial charge in [0.05, 0.1) is 40.6 Å². The Morgan fingerprint density at radius 2 is 1.85 bits per heavy atom. The van der Waals surface area contributed by atoms with E-state index >= 15 is 0 Å². The zero-order valence-electron chi connectivity index (χ0n) is 16.8. The maximum absolute atomic E-state index is 14.7. The van der Waals surface area contributed by atoms with E-state index < -0.39 is 34.8 Å². The highest BCUT2D eigenvalue weighted by atomic mass is 32.2. The van der Waals surface area contributed by atoms with Crippen molar-refractivity contribution >= 4 is 28.7 Å². The summed E-state index contributed by atoms with van der Waals surface area (Å²) in [6, 6.07) is 5.20. The van der Waals surface area contributed by atoms with E-state index in [4.69, 9.17) is 10.00 Å². The Kier molecular flexibility index (Phi) is 5.24. The van der Waals surface area contributed by atoms with E-state index in [-0.39, 0.29) is 17.5 Å². The monoisotopic (exact) mass is 490 g/mol. The molecule has 3 aromatic heterocycles. The number of nitrogens with one attached hydrogen (secondary N) is 1. The maximum atomic E-state index is 14.7. The zero-order valence-corrected chi connectivity index (χ0v) is 17.6. The van der Waals surface area contributed by atoms with Gasteiger partial charge < -0.3 is 9.72 Å². The van der Waals surface area contributed by atoms with Gasteiger partial charge in [-0.3, -0.25) is 4.31 Å². The fourth-order valence-electron chi connectivity index (χ4n) is 3.53. The number of hydrogen-bond donors (Lipinski definition) is 1. The molecule has 0 unspecified atom stereocenters. The van der Waals surface area contributed by atoms with Crippen LogP contribution in [0.3, 0.4) is 0 Å². The first kappa shape index (κ1) is 21.9. The molecule has 0 amide bonds. The number of H-pyrrole nitrogens is 1. The lowest BCUT2D eigenvalue weighted by Crippen LogP contribution is -2.27. The van der Waals surface area contributed by atoms with Crippen molar-refractivity contribution in [2.45, 2.75) is 11.2 Å². The van der Waals surface area contributed by atoms with Gasteiger partial charge in [0.2, 0.25) is 0 Å². The van der Waals surface area contributed by atoms with E-state index in [9.17, 15) is 22.0 Å². The molecule has 0 aliphatic carbocycles. The molecular formula is C21H11F5N6OS. The van der Waals surface area contributed by atoms with Crippen LogP contribution in [-0.2, 0) is 6.18 Å². The average Bonchev–Trinajstić information content (AvgIpc) is 3.23. The minimum Gasteiger partial charge on any atom is -0.488 e. The van der Waals surface area contributed by atoms with Gasteiger partial charge in [-0.1, -0.05) is 0 Å². The number of nitrogens with zero attached hydrogens (tertiary/aromatic N) is 5. The predicted molar refractivity (Wildman–Crippen MR) is 112 cm³/mol. The summed E-state index contributed by atoms with van der Waals surface area (Å²) in [4.78, 5) is 14.4. The number of aromatic amines is 1. The molecule has 0 spiro atoms. The summed E-state index contributed by atoms with van der Waals surface area (Å²) in [5.41, 5.74) is -1.62. The van der Waals surface area contributed by atoms with E-state index in [1.807, 2.05) is 6.07 Å². The number of alkyl halides is 3. The highest BCUT2D eigenvalue weighted by Gasteiger charge is 2.37. The van der Waals surface area contributed by atoms with Crippen molar-refractivity contribution in [2.24, 2.45) is 0 Å². The summed E-state index contributed by atoms with van der Waals surface area (Å²) in [5.74, 6) is -1.54. The number of pyridine rings is 1. The van der Waals surface area contributed by atoms with Crippen molar-refractivity contribution < 1.29 is 26.7 Å². The summed E-state index contributed by atoms with van der Waals surface area (Å²) in [7, 11) is 0. The Labute approximate surface area is 192 Å². The largest absolute Gasteiger partial charge is 0.488 e. The van der Waals surface area contributed by atoms with Crippen LogP contribution < -0.4 is 9.04 Å². The summed E-state index contributed by atoms with van der Waals surface area (Å²) >= 11 is 1.08. The molecular weight excluding hydrogens is 479 g/mol. The van der Waals surface area contributed by atoms with Gasteiger partial charge >= 0.3 is 6.18 Å². The molecule has 7 nitrogen and oxygen atoms in total. The molecule has 4 aromatic rings. The van der Waals surface area contributed by atoms with E-state index in [1.54, 1.807) is 4.31 Å². The summed E-state index contributed by atoms with van der Waals surface area (Å²) in [6.45, 7) is 0.647. The van der Waals surface area contributed by atoms with Gasteiger partial charge in [-0.25, -0.2) is 23.7 Å². The van der Waals surface area contributed by atoms with Crippen molar-refractivity contribution in [1.82, 2.24) is 19.9 Å². The molecule has 1 aliphatic rings. The van der Waals surface area contributed by atoms with Gasteiger partial charge in [-0.15, -0.1) is 0 Å². The van der Waals surface area contributed by atoms with Crippen LogP contribution in [0.5, 0.6) is 5.75 Å². The van der Waals surface area contributed by atoms with Gasteiger partial charge in [-0.2, -0.15) is 18.4 Å². The van der Waals surface area contributed by atoms with Crippen LogP contribution in [0.15, 0.2) is 41.8 Å². The van der Waals surface area contributed by atoms with Crippen molar-refractivity contribution in [3.8, 4) is 23.2 Å². The molecule has 34 heavy (non-hydrogen) atoms. The van der Waals surface area contributed by atoms with Crippen molar-refractivity contribution in [3.63, 3.8) is 0 Å². The maximum Gasteiger partial charge on any atom is 0.417 e. The Bertz CT molecular complexity index is 1450. The standard InChI is InChI=1S/C21H11F5N6OS/c22-11-8-28-19(29-9-11)17-12-4-16(31-18(12)14(23)5-13(17)21(24,25)26)34-32-1-2-33-15-3-10(6-27)7-30-20(15)32/h3-5,7-9,31H,1-2H2. The van der Waals surface area contributed by atoms with Crippen LogP contribution in [0.4, 0.5) is 27.8 Å². The molecule has 1 aliphatic heterocycles. The van der Waals surface area contributed by atoms with Crippen LogP contribution in [-0.4, -0.2) is 33.1 Å². The third-order valence-corrected chi connectivity index (χ3v) is 5.94. The Hall–Kier alpha value is -3.92. The zero-order chi connectivity index (χ0) is 24.0. The Balaban J connectivity index is 1.62. The topological polar surface area (TPSA) is 90.7 Å². The highest BCUT2D eigenvalue weighted by molar-refractivity contribution is 8.00. The molecule has 172 valence electrons. The molecule has 0 bridgehead atoms. The third kappa shape index (κ3) is 3.86. The number of benzene rings is 1. The fourth-order valence-corrected chi connectivity index (χ4v) is 4.48. The van der Waals surface area contributed by atoms with Crippen molar-refractivity contribution in [3.05, 3.63) is 59.6 Å². The van der Waals surface area contributed by atoms with Gasteiger partial charge in [-0.05, 0) is 12.1 Å². The highest BCUT2D eigenvalue weighted by Crippen LogP contribution is 2.43. The van der Waals surface area contributed by atoms with E-state index in [2.05, 4.69) is 19.9 Å². The molecule has 0 saturated heterocycles. The molecule has 0 atom stereocenters. The second kappa shape index (κ2) is 8.14. The van der Waals surface area contributed by atoms with Crippen LogP contribution >= 0.6 is 11.9 Å². The molecule has 0 saturated carbocycles. The number of nitriles is 1. The minimum atomic E-state index is -4.90. The Morgan fingerprint density at radius 3 is 2.56 bits per heavy atom. The van der Waals surface area contributed by atoms with E-state index in [0.29, 0.717) is 34.8 Å². The number of fused-ring (bicyclic) bond motifs is 2. The lowest BCUT2D eigenvalue weighted by Gasteiger charge is -2.28. The lowest BCUT2D eigenvalue weighted by atomic mass is 10.0. The minimum absolute atomic E-state index is 0.109. The number of ether oxygens (including phenoxy) is 1. The van der Waals surface area contributed by atoms with Crippen LogP contribution in [0, 0.1) is 23.0 Å². The average molecular weight is 490 g/mol. The van der Waals surface area contributed by atoms with Crippen molar-refractivity contribution in [1.29, 1.82) is 5.26 Å². The van der Waals surface area contributed by atoms with Gasteiger partial charge in [0, 0.05) is 35.2 Å². The first-order chi connectivity index (χ1) is 16.2. The second-order valence-electron chi connectivity index (χ2n) is 7.13. The third-order valence-electron chi connectivity index (χ3n) is 4.95. The number of halogens is 5. The number of anilines is 1. The molecule has 13 heteroatoms. The van der Waals surface area contributed by atoms with E-state index in [0.717, 1.165) is 24.3 Å². The summed E-state index contributed by atoms with van der Waals surface area (Å²) in [6.07, 6.45) is -2.05. The first-order valence-electron chi connectivity index (χ1n) is 9.63. The van der Waals surface area contributed by atoms with E-state index in [1.165, 1.54) is 18.3 Å². The van der Waals surface area contributed by atoms with Gasteiger partial charge in [0.25, 0.3) is 0 Å². The van der Waals surface area contributed by atoms with Crippen LogP contribution in [0.1, 0.15) is 11.1 Å². The van der Waals surface area contributed by atoms with Crippen LogP contribution in [0.25, 0.3) is 22.3 Å². The van der Waals surface area contributed by atoms with Gasteiger partial charge in [0.1, 0.15) is 18.5 Å². The SMILES string of the molecule is N#Cc1cnc2c(c1)OCCN2Sc1cc2c(-c3ncc(F)cn3)c(C(F)(F)F)cc(F)c2[nH]1. The summed E-state index contributed by atoms with van der Waals surface area (Å²) in [5, 5.41) is 9.25. The first-order valence-corrected chi connectivity index (χ1v) is 10.4. The predicted octanol–water partition coefficient (Wildman–Crippen LogP) is 5.09. The molecule has 4 heterocycles. The second-order valence-corrected chi connectivity index (χ2v) is 8.19. The molecule has 0 fully saturated rings. The summed E-state index contributed by atoms with van der Waals surface area (Å²) < 4.78 is 76.6. The Morgan fingerprint density at radius 1 is 1.09 bits per heavy atom. The normalized spacial score (nSPS) is 13.5.